The zero-order valence-electron chi connectivity index (χ0n) is 8.28. The van der Waals surface area contributed by atoms with Gasteiger partial charge in [-0.15, -0.1) is 0 Å². The van der Waals surface area contributed by atoms with Crippen molar-refractivity contribution < 1.29 is 4.39 Å². The SMILES string of the molecule is N#CCCCn1ccc2cc(F)ccc21. The van der Waals surface area contributed by atoms with Crippen LogP contribution >= 0.6 is 0 Å². The number of hydrogen-bond donors (Lipinski definition) is 0. The summed E-state index contributed by atoms with van der Waals surface area (Å²) in [6, 6.07) is 8.77. The summed E-state index contributed by atoms with van der Waals surface area (Å²) in [4.78, 5) is 0. The van der Waals surface area contributed by atoms with Crippen molar-refractivity contribution in [1.82, 2.24) is 4.57 Å². The topological polar surface area (TPSA) is 28.7 Å². The minimum absolute atomic E-state index is 0.211. The number of aryl methyl sites for hydroxylation is 1. The highest BCUT2D eigenvalue weighted by atomic mass is 19.1. The molecule has 2 aromatic rings. The van der Waals surface area contributed by atoms with Crippen molar-refractivity contribution in [3.05, 3.63) is 36.3 Å². The van der Waals surface area contributed by atoms with Gasteiger partial charge in [0.05, 0.1) is 6.07 Å². The lowest BCUT2D eigenvalue weighted by Crippen LogP contribution is -1.95. The second kappa shape index (κ2) is 4.14. The number of rotatable bonds is 3. The van der Waals surface area contributed by atoms with Gasteiger partial charge in [0, 0.05) is 30.1 Å². The van der Waals surface area contributed by atoms with Crippen LogP contribution in [0.3, 0.4) is 0 Å². The van der Waals surface area contributed by atoms with Gasteiger partial charge in [-0.2, -0.15) is 5.26 Å². The summed E-state index contributed by atoms with van der Waals surface area (Å²) < 4.78 is 14.9. The first-order valence-corrected chi connectivity index (χ1v) is 4.92. The first-order valence-electron chi connectivity index (χ1n) is 4.92. The van der Waals surface area contributed by atoms with E-state index in [-0.39, 0.29) is 5.82 Å². The van der Waals surface area contributed by atoms with Crippen LogP contribution in [0.2, 0.25) is 0 Å². The van der Waals surface area contributed by atoms with Crippen molar-refractivity contribution in [3.8, 4) is 6.07 Å². The number of hydrogen-bond acceptors (Lipinski definition) is 1. The number of fused-ring (bicyclic) bond motifs is 1. The summed E-state index contributed by atoms with van der Waals surface area (Å²) in [6.07, 6.45) is 3.32. The third-order valence-electron chi connectivity index (χ3n) is 2.42. The Bertz CT molecular complexity index is 508. The third-order valence-corrected chi connectivity index (χ3v) is 2.42. The van der Waals surface area contributed by atoms with Crippen molar-refractivity contribution >= 4 is 10.9 Å². The Morgan fingerprint density at radius 1 is 1.33 bits per heavy atom. The fourth-order valence-corrected chi connectivity index (χ4v) is 1.69. The van der Waals surface area contributed by atoms with E-state index in [0.29, 0.717) is 6.42 Å². The Hall–Kier alpha value is -1.82. The van der Waals surface area contributed by atoms with Crippen LogP contribution in [-0.4, -0.2) is 4.57 Å². The maximum atomic E-state index is 12.9. The van der Waals surface area contributed by atoms with E-state index >= 15 is 0 Å². The molecule has 0 bridgehead atoms. The van der Waals surface area contributed by atoms with Crippen molar-refractivity contribution in [1.29, 1.82) is 5.26 Å². The Balaban J connectivity index is 2.26. The van der Waals surface area contributed by atoms with Crippen LogP contribution < -0.4 is 0 Å². The van der Waals surface area contributed by atoms with Gasteiger partial charge in [-0.05, 0) is 30.7 Å². The highest BCUT2D eigenvalue weighted by molar-refractivity contribution is 5.80. The van der Waals surface area contributed by atoms with Crippen LogP contribution in [0.4, 0.5) is 4.39 Å². The predicted octanol–water partition coefficient (Wildman–Crippen LogP) is 3.08. The quantitative estimate of drug-likeness (QED) is 0.703. The van der Waals surface area contributed by atoms with Crippen molar-refractivity contribution in [3.63, 3.8) is 0 Å². The molecule has 76 valence electrons. The van der Waals surface area contributed by atoms with Crippen LogP contribution in [-0.2, 0) is 6.54 Å². The molecular weight excluding hydrogens is 191 g/mol. The minimum atomic E-state index is -0.211. The summed E-state index contributed by atoms with van der Waals surface area (Å²) in [5, 5.41) is 9.34. The molecule has 0 saturated carbocycles. The van der Waals surface area contributed by atoms with Crippen LogP contribution in [0.25, 0.3) is 10.9 Å². The summed E-state index contributed by atoms with van der Waals surface area (Å²) in [5.41, 5.74) is 1.02. The number of aromatic nitrogens is 1. The summed E-state index contributed by atoms with van der Waals surface area (Å²) >= 11 is 0. The number of benzene rings is 1. The smallest absolute Gasteiger partial charge is 0.123 e. The standard InChI is InChI=1S/C12H11FN2/c13-11-3-4-12-10(9-11)5-8-15(12)7-2-1-6-14/h3-5,8-9H,1-2,7H2. The first-order chi connectivity index (χ1) is 7.31. The lowest BCUT2D eigenvalue weighted by Gasteiger charge is -2.02. The van der Waals surface area contributed by atoms with Gasteiger partial charge in [0.15, 0.2) is 0 Å². The van der Waals surface area contributed by atoms with Gasteiger partial charge in [0.25, 0.3) is 0 Å². The molecule has 1 aromatic carbocycles. The lowest BCUT2D eigenvalue weighted by molar-refractivity contribution is 0.629. The van der Waals surface area contributed by atoms with Crippen LogP contribution in [0.15, 0.2) is 30.5 Å². The molecule has 0 N–H and O–H groups in total. The summed E-state index contributed by atoms with van der Waals surface area (Å²) in [6.45, 7) is 0.808. The molecule has 0 fully saturated rings. The van der Waals surface area contributed by atoms with Crippen LogP contribution in [0, 0.1) is 17.1 Å². The van der Waals surface area contributed by atoms with E-state index in [2.05, 4.69) is 6.07 Å². The molecule has 0 aliphatic rings. The molecular formula is C12H11FN2. The molecule has 0 aliphatic carbocycles. The molecule has 1 aromatic heterocycles. The fraction of sp³-hybridized carbons (Fsp3) is 0.250. The highest BCUT2D eigenvalue weighted by Gasteiger charge is 2.01. The average molecular weight is 202 g/mol. The molecule has 0 amide bonds. The van der Waals surface area contributed by atoms with Gasteiger partial charge in [0.2, 0.25) is 0 Å². The normalized spacial score (nSPS) is 10.4. The van der Waals surface area contributed by atoms with E-state index in [4.69, 9.17) is 5.26 Å². The van der Waals surface area contributed by atoms with Gasteiger partial charge < -0.3 is 4.57 Å². The van der Waals surface area contributed by atoms with Crippen molar-refractivity contribution in [2.45, 2.75) is 19.4 Å². The molecule has 2 nitrogen and oxygen atoms in total. The van der Waals surface area contributed by atoms with Crippen LogP contribution in [0.1, 0.15) is 12.8 Å². The molecule has 0 spiro atoms. The summed E-state index contributed by atoms with van der Waals surface area (Å²) in [5.74, 6) is -0.211. The third kappa shape index (κ3) is 1.99. The largest absolute Gasteiger partial charge is 0.347 e. The number of halogens is 1. The van der Waals surface area contributed by atoms with E-state index in [1.807, 2.05) is 16.8 Å². The fourth-order valence-electron chi connectivity index (χ4n) is 1.69. The van der Waals surface area contributed by atoms with Gasteiger partial charge in [0.1, 0.15) is 5.82 Å². The Morgan fingerprint density at radius 3 is 3.00 bits per heavy atom. The average Bonchev–Trinajstić information content (AvgIpc) is 2.61. The zero-order valence-corrected chi connectivity index (χ0v) is 8.28. The van der Waals surface area contributed by atoms with Crippen LogP contribution in [0.5, 0.6) is 0 Å². The summed E-state index contributed by atoms with van der Waals surface area (Å²) in [7, 11) is 0. The molecule has 1 heterocycles. The van der Waals surface area contributed by atoms with E-state index < -0.39 is 0 Å². The number of unbranched alkanes of at least 4 members (excludes halogenated alkanes) is 1. The first kappa shape index (κ1) is 9.72. The molecule has 0 saturated heterocycles. The van der Waals surface area contributed by atoms with Gasteiger partial charge >= 0.3 is 0 Å². The van der Waals surface area contributed by atoms with E-state index in [1.165, 1.54) is 12.1 Å². The van der Waals surface area contributed by atoms with E-state index in [0.717, 1.165) is 23.9 Å². The Morgan fingerprint density at radius 2 is 2.20 bits per heavy atom. The molecule has 0 unspecified atom stereocenters. The molecule has 15 heavy (non-hydrogen) atoms. The molecule has 2 rings (SSSR count). The van der Waals surface area contributed by atoms with Gasteiger partial charge in [-0.25, -0.2) is 4.39 Å². The van der Waals surface area contributed by atoms with Crippen molar-refractivity contribution in [2.24, 2.45) is 0 Å². The van der Waals surface area contributed by atoms with Gasteiger partial charge in [-0.1, -0.05) is 0 Å². The zero-order chi connectivity index (χ0) is 10.7. The molecule has 0 atom stereocenters. The monoisotopic (exact) mass is 202 g/mol. The lowest BCUT2D eigenvalue weighted by atomic mass is 10.2. The minimum Gasteiger partial charge on any atom is -0.347 e. The van der Waals surface area contributed by atoms with Crippen molar-refractivity contribution in [2.75, 3.05) is 0 Å². The Labute approximate surface area is 87.6 Å². The molecule has 3 heteroatoms. The highest BCUT2D eigenvalue weighted by Crippen LogP contribution is 2.17. The maximum absolute atomic E-state index is 12.9. The predicted molar refractivity (Wildman–Crippen MR) is 56.7 cm³/mol. The van der Waals surface area contributed by atoms with Gasteiger partial charge in [-0.3, -0.25) is 0 Å². The second-order valence-electron chi connectivity index (χ2n) is 3.47. The van der Waals surface area contributed by atoms with E-state index in [9.17, 15) is 4.39 Å². The number of nitrogens with zero attached hydrogens (tertiary/aromatic N) is 2. The number of nitriles is 1. The molecule has 0 aliphatic heterocycles. The van der Waals surface area contributed by atoms with E-state index in [1.54, 1.807) is 6.07 Å². The Kier molecular flexibility index (Phi) is 2.68. The molecule has 0 radical (unpaired) electrons. The maximum Gasteiger partial charge on any atom is 0.123 e. The second-order valence-corrected chi connectivity index (χ2v) is 3.47.